The summed E-state index contributed by atoms with van der Waals surface area (Å²) in [6, 6.07) is 34.6. The molecule has 11 heteroatoms. The second-order valence-electron chi connectivity index (χ2n) is 9.89. The average Bonchev–Trinajstić information content (AvgIpc) is 3.05. The molecule has 0 aromatic heterocycles. The monoisotopic (exact) mass is 700 g/mol. The van der Waals surface area contributed by atoms with E-state index in [0.29, 0.717) is 22.3 Å². The Balaban J connectivity index is 0.000000348. The van der Waals surface area contributed by atoms with Crippen LogP contribution in [-0.2, 0) is 0 Å². The van der Waals surface area contributed by atoms with Crippen LogP contribution in [0.4, 0.5) is 13.6 Å². The van der Waals surface area contributed by atoms with Gasteiger partial charge in [-0.15, -0.1) is 0 Å². The van der Waals surface area contributed by atoms with Gasteiger partial charge in [0, 0.05) is 22.3 Å². The zero-order valence-corrected chi connectivity index (χ0v) is 25.0. The van der Waals surface area contributed by atoms with Gasteiger partial charge in [0.15, 0.2) is 11.6 Å². The molecule has 0 spiro atoms. The zero-order chi connectivity index (χ0) is 31.9. The van der Waals surface area contributed by atoms with Crippen molar-refractivity contribution in [2.24, 2.45) is 0 Å². The van der Waals surface area contributed by atoms with Crippen molar-refractivity contribution in [1.82, 2.24) is 0 Å². The molecule has 0 atom stereocenters. The Morgan fingerprint density at radius 1 is 0.521 bits per heavy atom. The molecule has 0 fully saturated rings. The molecule has 0 aliphatic heterocycles. The first-order chi connectivity index (χ1) is 21.7. The van der Waals surface area contributed by atoms with E-state index in [1.165, 1.54) is 48.5 Å². The molecule has 6 rings (SSSR count). The quantitative estimate of drug-likeness (QED) is 0.0808. The van der Waals surface area contributed by atoms with E-state index in [1.54, 1.807) is 84.9 Å². The number of carbonyl (C=O) groups excluding carboxylic acids is 2. The van der Waals surface area contributed by atoms with Crippen molar-refractivity contribution >= 4 is 123 Å². The molecule has 6 aromatic carbocycles. The molecule has 6 nitrogen and oxygen atoms in total. The van der Waals surface area contributed by atoms with Crippen molar-refractivity contribution < 1.29 is 38.1 Å². The van der Waals surface area contributed by atoms with Crippen LogP contribution in [0.25, 0.3) is 21.9 Å². The molecule has 234 valence electrons. The van der Waals surface area contributed by atoms with Crippen molar-refractivity contribution in [3.8, 4) is 22.6 Å². The van der Waals surface area contributed by atoms with Gasteiger partial charge in [0.25, 0.3) is 0 Å². The van der Waals surface area contributed by atoms with E-state index in [9.17, 15) is 23.2 Å². The van der Waals surface area contributed by atoms with Gasteiger partial charge >= 0.3 is 87.1 Å². The van der Waals surface area contributed by atoms with Crippen LogP contribution in [-0.4, -0.2) is 109 Å². The van der Waals surface area contributed by atoms with Gasteiger partial charge in [0.1, 0.15) is 23.1 Å². The van der Waals surface area contributed by atoms with E-state index in [4.69, 9.17) is 10.2 Å². The van der Waals surface area contributed by atoms with Crippen LogP contribution in [0.5, 0.6) is 11.5 Å². The third-order valence-corrected chi connectivity index (χ3v) is 6.84. The van der Waals surface area contributed by atoms with Crippen LogP contribution in [0.2, 0.25) is 0 Å². The second-order valence-corrected chi connectivity index (χ2v) is 9.89. The van der Waals surface area contributed by atoms with Gasteiger partial charge in [-0.05, 0) is 107 Å². The van der Waals surface area contributed by atoms with E-state index in [0.717, 1.165) is 21.9 Å². The Morgan fingerprint density at radius 3 is 1.25 bits per heavy atom. The van der Waals surface area contributed by atoms with Crippen molar-refractivity contribution in [3.63, 3.8) is 0 Å². The van der Waals surface area contributed by atoms with Gasteiger partial charge in [-0.25, -0.2) is 13.6 Å². The first kappa shape index (κ1) is 41.0. The molecule has 0 saturated heterocycles. The molecule has 0 amide bonds. The van der Waals surface area contributed by atoms with Gasteiger partial charge in [-0.3, -0.25) is 9.59 Å². The maximum absolute atomic E-state index is 13.0. The number of phenols is 1. The molecule has 2 N–H and O–H groups in total. The summed E-state index contributed by atoms with van der Waals surface area (Å²) in [5.41, 5.74) is 3.63. The summed E-state index contributed by atoms with van der Waals surface area (Å²) < 4.78 is 30.6. The number of carbonyl (C=O) groups is 3. The van der Waals surface area contributed by atoms with Crippen LogP contribution >= 0.6 is 13.5 Å². The van der Waals surface area contributed by atoms with Crippen LogP contribution < -0.4 is 4.74 Å². The van der Waals surface area contributed by atoms with Gasteiger partial charge in [-0.1, -0.05) is 48.5 Å². The number of carboxylic acid groups (broad SMARTS) is 1. The Morgan fingerprint density at radius 2 is 0.875 bits per heavy atom. The van der Waals surface area contributed by atoms with E-state index in [1.807, 2.05) is 0 Å². The van der Waals surface area contributed by atoms with Gasteiger partial charge in [0.2, 0.25) is 0 Å². The minimum absolute atomic E-state index is 0. The first-order valence-corrected chi connectivity index (χ1v) is 13.6. The second kappa shape index (κ2) is 19.1. The number of ether oxygens (including phenoxy) is 1. The fourth-order valence-electron chi connectivity index (χ4n) is 4.53. The standard InChI is InChI=1S/C24H14F2O2.C13H10O4.K.Na.H2S.2H/c25-21-9-5-15(6-10-21)23(27)19-3-1-17-13-20(4-2-18(17)14-19)24(28)16-7-11-22(26)12-8-16;14-11-5-1-9(2-6-11)10-3-7-12(8-4-10)17-13(15)16;;;;;/h1-14H;1-8,14H,(H,15,16);;;1H2;;. The summed E-state index contributed by atoms with van der Waals surface area (Å²) in [7, 11) is 0. The Bertz CT molecular complexity index is 1910. The molecule has 0 heterocycles. The minimum atomic E-state index is -1.33. The number of rotatable bonds is 6. The maximum atomic E-state index is 13.0. The first-order valence-electron chi connectivity index (χ1n) is 13.6. The van der Waals surface area contributed by atoms with Gasteiger partial charge < -0.3 is 14.9 Å². The molecule has 0 aliphatic rings. The number of phenolic OH excluding ortho intramolecular Hbond substituents is 1. The summed E-state index contributed by atoms with van der Waals surface area (Å²) in [5.74, 6) is -0.705. The van der Waals surface area contributed by atoms with Crippen LogP contribution in [0.1, 0.15) is 31.8 Å². The molecule has 6 aromatic rings. The summed E-state index contributed by atoms with van der Waals surface area (Å²) in [6.07, 6.45) is -1.33. The summed E-state index contributed by atoms with van der Waals surface area (Å²) in [5, 5.41) is 19.2. The van der Waals surface area contributed by atoms with E-state index >= 15 is 0 Å². The van der Waals surface area contributed by atoms with E-state index in [2.05, 4.69) is 4.74 Å². The average molecular weight is 701 g/mol. The fraction of sp³-hybridized carbons (Fsp3) is 0. The van der Waals surface area contributed by atoms with Crippen molar-refractivity contribution in [3.05, 3.63) is 167 Å². The predicted molar refractivity (Wildman–Crippen MR) is 190 cm³/mol. The van der Waals surface area contributed by atoms with Crippen LogP contribution in [0.15, 0.2) is 133 Å². The molecule has 0 aliphatic carbocycles. The molecular formula is C37H28F2KNaO6S. The molecule has 48 heavy (non-hydrogen) atoms. The SMILES string of the molecule is O=C(O)Oc1ccc(-c2ccc(O)cc2)cc1.O=C(c1ccc(F)cc1)c1ccc2cc(C(=O)c3ccc(F)cc3)ccc2c1.S.[KH].[NaH]. The van der Waals surface area contributed by atoms with Crippen LogP contribution in [0, 0.1) is 11.6 Å². The predicted octanol–water partition coefficient (Wildman–Crippen LogP) is 7.51. The van der Waals surface area contributed by atoms with Crippen molar-refractivity contribution in [2.45, 2.75) is 0 Å². The normalized spacial score (nSPS) is 9.79. The third kappa shape index (κ3) is 10.9. The van der Waals surface area contributed by atoms with Gasteiger partial charge in [0.05, 0.1) is 0 Å². The number of hydrogen-bond acceptors (Lipinski definition) is 5. The fourth-order valence-corrected chi connectivity index (χ4v) is 4.53. The number of hydrogen-bond donors (Lipinski definition) is 2. The number of halogens is 2. The number of benzene rings is 6. The third-order valence-electron chi connectivity index (χ3n) is 6.84. The molecule has 0 bridgehead atoms. The van der Waals surface area contributed by atoms with Crippen molar-refractivity contribution in [1.29, 1.82) is 0 Å². The molecule has 0 unspecified atom stereocenters. The van der Waals surface area contributed by atoms with Crippen molar-refractivity contribution in [2.75, 3.05) is 0 Å². The summed E-state index contributed by atoms with van der Waals surface area (Å²) >= 11 is 0. The zero-order valence-electron chi connectivity index (χ0n) is 24.0. The van der Waals surface area contributed by atoms with Crippen LogP contribution in [0.3, 0.4) is 0 Å². The Hall–Kier alpha value is -3.16. The Labute approximate surface area is 346 Å². The number of aromatic hydroxyl groups is 1. The number of fused-ring (bicyclic) bond motifs is 1. The van der Waals surface area contributed by atoms with E-state index in [-0.39, 0.29) is 118 Å². The Kier molecular flexibility index (Phi) is 16.3. The topological polar surface area (TPSA) is 101 Å². The molecule has 0 saturated carbocycles. The van der Waals surface area contributed by atoms with Gasteiger partial charge in [-0.2, -0.15) is 13.5 Å². The summed E-state index contributed by atoms with van der Waals surface area (Å²) in [6.45, 7) is 0. The summed E-state index contributed by atoms with van der Waals surface area (Å²) in [4.78, 5) is 35.5. The molecule has 0 radical (unpaired) electrons. The number of ketones is 2. The van der Waals surface area contributed by atoms with E-state index < -0.39 is 17.8 Å². The molecular weight excluding hydrogens is 673 g/mol.